The molecule has 26 heavy (non-hydrogen) atoms. The summed E-state index contributed by atoms with van der Waals surface area (Å²) < 4.78 is 28.5. The number of amides is 1. The van der Waals surface area contributed by atoms with Gasteiger partial charge in [0, 0.05) is 23.4 Å². The van der Waals surface area contributed by atoms with Crippen molar-refractivity contribution in [1.29, 1.82) is 0 Å². The number of non-ortho nitro benzene ring substituents is 1. The smallest absolute Gasteiger partial charge is 0.387 e. The van der Waals surface area contributed by atoms with Gasteiger partial charge in [0.1, 0.15) is 12.3 Å². The summed E-state index contributed by atoms with van der Waals surface area (Å²) >= 11 is 0. The van der Waals surface area contributed by atoms with Crippen LogP contribution in [0.5, 0.6) is 5.75 Å². The average molecular weight is 366 g/mol. The standard InChI is InChI=1S/C17H17F2N3O4/c1-21(10-12-2-8-15(9-3-12)26-17(18)19)11-16(23)20-13-4-6-14(7-5-13)22(24)25/h2-9,17H,10-11H2,1H3,(H,20,23)/p+1. The van der Waals surface area contributed by atoms with Gasteiger partial charge in [-0.25, -0.2) is 0 Å². The molecule has 0 radical (unpaired) electrons. The molecular weight excluding hydrogens is 348 g/mol. The SMILES string of the molecule is C[NH+](CC(=O)Nc1ccc([N+](=O)[O-])cc1)Cc1ccc(OC(F)F)cc1. The third-order valence-electron chi connectivity index (χ3n) is 3.48. The first-order chi connectivity index (χ1) is 12.3. The molecule has 138 valence electrons. The van der Waals surface area contributed by atoms with Crippen molar-refractivity contribution in [3.05, 3.63) is 64.2 Å². The number of carbonyl (C=O) groups excluding carboxylic acids is 1. The molecule has 0 aliphatic carbocycles. The summed E-state index contributed by atoms with van der Waals surface area (Å²) in [6, 6.07) is 11.8. The van der Waals surface area contributed by atoms with Crippen molar-refractivity contribution in [2.24, 2.45) is 0 Å². The van der Waals surface area contributed by atoms with Crippen molar-refractivity contribution in [3.63, 3.8) is 0 Å². The first kappa shape index (κ1) is 19.3. The predicted octanol–water partition coefficient (Wildman–Crippen LogP) is 1.85. The van der Waals surface area contributed by atoms with Crippen LogP contribution in [-0.4, -0.2) is 31.0 Å². The van der Waals surface area contributed by atoms with E-state index < -0.39 is 11.5 Å². The molecule has 1 unspecified atom stereocenters. The number of benzene rings is 2. The van der Waals surface area contributed by atoms with Crippen LogP contribution in [0.1, 0.15) is 5.56 Å². The number of nitro groups is 1. The fourth-order valence-corrected chi connectivity index (χ4v) is 2.35. The molecule has 2 aromatic carbocycles. The van der Waals surface area contributed by atoms with Gasteiger partial charge in [0.25, 0.3) is 11.6 Å². The van der Waals surface area contributed by atoms with Crippen LogP contribution in [0.2, 0.25) is 0 Å². The van der Waals surface area contributed by atoms with E-state index in [-0.39, 0.29) is 23.9 Å². The van der Waals surface area contributed by atoms with Gasteiger partial charge in [-0.2, -0.15) is 8.78 Å². The molecule has 1 atom stereocenters. The van der Waals surface area contributed by atoms with E-state index in [9.17, 15) is 23.7 Å². The molecule has 0 aliphatic rings. The van der Waals surface area contributed by atoms with E-state index in [1.165, 1.54) is 36.4 Å². The number of nitrogens with zero attached hydrogens (tertiary/aromatic N) is 1. The molecule has 0 aromatic heterocycles. The lowest BCUT2D eigenvalue weighted by atomic mass is 10.2. The van der Waals surface area contributed by atoms with Crippen LogP contribution < -0.4 is 15.0 Å². The van der Waals surface area contributed by atoms with Crippen LogP contribution in [0.25, 0.3) is 0 Å². The highest BCUT2D eigenvalue weighted by molar-refractivity contribution is 5.91. The number of carbonyl (C=O) groups is 1. The van der Waals surface area contributed by atoms with Crippen LogP contribution >= 0.6 is 0 Å². The van der Waals surface area contributed by atoms with Crippen LogP contribution in [0.3, 0.4) is 0 Å². The molecule has 2 aromatic rings. The average Bonchev–Trinajstić information content (AvgIpc) is 2.56. The van der Waals surface area contributed by atoms with E-state index in [1.54, 1.807) is 12.1 Å². The highest BCUT2D eigenvalue weighted by Gasteiger charge is 2.12. The Morgan fingerprint density at radius 1 is 1.19 bits per heavy atom. The summed E-state index contributed by atoms with van der Waals surface area (Å²) in [6.07, 6.45) is 0. The molecule has 7 nitrogen and oxygen atoms in total. The van der Waals surface area contributed by atoms with Crippen LogP contribution in [0, 0.1) is 10.1 Å². The Bertz CT molecular complexity index is 752. The Balaban J connectivity index is 1.83. The van der Waals surface area contributed by atoms with Crippen molar-refractivity contribution in [1.82, 2.24) is 0 Å². The van der Waals surface area contributed by atoms with Crippen molar-refractivity contribution >= 4 is 17.3 Å². The third-order valence-corrected chi connectivity index (χ3v) is 3.48. The summed E-state index contributed by atoms with van der Waals surface area (Å²) in [4.78, 5) is 23.0. The predicted molar refractivity (Wildman–Crippen MR) is 90.3 cm³/mol. The number of rotatable bonds is 8. The molecule has 9 heteroatoms. The zero-order chi connectivity index (χ0) is 19.1. The minimum atomic E-state index is -2.86. The molecule has 0 saturated carbocycles. The first-order valence-corrected chi connectivity index (χ1v) is 7.73. The molecule has 1 amide bonds. The van der Waals surface area contributed by atoms with E-state index in [2.05, 4.69) is 10.1 Å². The van der Waals surface area contributed by atoms with E-state index in [1.807, 2.05) is 7.05 Å². The van der Waals surface area contributed by atoms with Crippen LogP contribution in [0.15, 0.2) is 48.5 Å². The first-order valence-electron chi connectivity index (χ1n) is 7.73. The molecule has 0 saturated heterocycles. The minimum absolute atomic E-state index is 0.0509. The summed E-state index contributed by atoms with van der Waals surface area (Å²) in [6.45, 7) is -2.17. The van der Waals surface area contributed by atoms with Crippen molar-refractivity contribution in [2.75, 3.05) is 18.9 Å². The van der Waals surface area contributed by atoms with Gasteiger partial charge in [-0.1, -0.05) is 0 Å². The summed E-state index contributed by atoms with van der Waals surface area (Å²) in [7, 11) is 1.82. The summed E-state index contributed by atoms with van der Waals surface area (Å²) in [5.74, 6) is -0.161. The monoisotopic (exact) mass is 366 g/mol. The number of ether oxygens (including phenoxy) is 1. The molecule has 0 bridgehead atoms. The number of hydrogen-bond acceptors (Lipinski definition) is 4. The van der Waals surface area contributed by atoms with E-state index in [0.29, 0.717) is 12.2 Å². The Hall–Kier alpha value is -3.07. The second-order valence-corrected chi connectivity index (χ2v) is 5.69. The minimum Gasteiger partial charge on any atom is -0.435 e. The zero-order valence-electron chi connectivity index (χ0n) is 13.9. The van der Waals surface area contributed by atoms with Crippen LogP contribution in [0.4, 0.5) is 20.2 Å². The number of alkyl halides is 2. The Morgan fingerprint density at radius 3 is 2.35 bits per heavy atom. The molecule has 0 aliphatic heterocycles. The maximum atomic E-state index is 12.1. The second-order valence-electron chi connectivity index (χ2n) is 5.69. The lowest BCUT2D eigenvalue weighted by molar-refractivity contribution is -0.885. The number of likely N-dealkylation sites (N-methyl/N-ethyl adjacent to an activating group) is 1. The van der Waals surface area contributed by atoms with Gasteiger partial charge < -0.3 is 15.0 Å². The third kappa shape index (κ3) is 6.10. The molecule has 2 rings (SSSR count). The Morgan fingerprint density at radius 2 is 1.81 bits per heavy atom. The van der Waals surface area contributed by atoms with Crippen LogP contribution in [-0.2, 0) is 11.3 Å². The highest BCUT2D eigenvalue weighted by atomic mass is 19.3. The number of halogens is 2. The van der Waals surface area contributed by atoms with Crippen molar-refractivity contribution in [3.8, 4) is 5.75 Å². The lowest BCUT2D eigenvalue weighted by Crippen LogP contribution is -3.08. The van der Waals surface area contributed by atoms with Gasteiger partial charge in [-0.05, 0) is 36.4 Å². The molecular formula is C17H18F2N3O4+. The zero-order valence-corrected chi connectivity index (χ0v) is 13.9. The number of hydrogen-bond donors (Lipinski definition) is 2. The Kier molecular flexibility index (Phi) is 6.56. The summed E-state index contributed by atoms with van der Waals surface area (Å²) in [5.41, 5.74) is 1.29. The number of quaternary nitrogens is 1. The molecule has 2 N–H and O–H groups in total. The fourth-order valence-electron chi connectivity index (χ4n) is 2.35. The molecule has 0 fully saturated rings. The van der Waals surface area contributed by atoms with Gasteiger partial charge in [0.2, 0.25) is 0 Å². The maximum absolute atomic E-state index is 12.1. The number of nitro benzene ring substituents is 1. The highest BCUT2D eigenvalue weighted by Crippen LogP contribution is 2.15. The summed E-state index contributed by atoms with van der Waals surface area (Å²) in [5, 5.41) is 13.3. The van der Waals surface area contributed by atoms with Crippen molar-refractivity contribution in [2.45, 2.75) is 13.2 Å². The van der Waals surface area contributed by atoms with Gasteiger partial charge in [-0.3, -0.25) is 14.9 Å². The number of nitrogens with one attached hydrogen (secondary N) is 2. The van der Waals surface area contributed by atoms with Gasteiger partial charge in [0.15, 0.2) is 6.54 Å². The number of anilines is 1. The maximum Gasteiger partial charge on any atom is 0.387 e. The van der Waals surface area contributed by atoms with E-state index >= 15 is 0 Å². The largest absolute Gasteiger partial charge is 0.435 e. The lowest BCUT2D eigenvalue weighted by Gasteiger charge is -2.14. The fraction of sp³-hybridized carbons (Fsp3) is 0.235. The quantitative estimate of drug-likeness (QED) is 0.552. The molecule has 0 spiro atoms. The normalized spacial score (nSPS) is 11.8. The van der Waals surface area contributed by atoms with E-state index in [4.69, 9.17) is 0 Å². The molecule has 0 heterocycles. The topological polar surface area (TPSA) is 85.9 Å². The van der Waals surface area contributed by atoms with Gasteiger partial charge in [-0.15, -0.1) is 0 Å². The second kappa shape index (κ2) is 8.86. The Labute approximate surface area is 148 Å². The van der Waals surface area contributed by atoms with Crippen molar-refractivity contribution < 1.29 is 28.1 Å². The van der Waals surface area contributed by atoms with Gasteiger partial charge in [0.05, 0.1) is 12.0 Å². The van der Waals surface area contributed by atoms with E-state index in [0.717, 1.165) is 10.5 Å². The van der Waals surface area contributed by atoms with Gasteiger partial charge >= 0.3 is 6.61 Å².